The van der Waals surface area contributed by atoms with E-state index in [4.69, 9.17) is 106 Å². The van der Waals surface area contributed by atoms with Crippen molar-refractivity contribution in [2.24, 2.45) is 0 Å². The van der Waals surface area contributed by atoms with Crippen molar-refractivity contribution >= 4 is 118 Å². The molecule has 0 atom stereocenters. The molecule has 0 aliphatic carbocycles. The number of rotatable bonds is 72. The summed E-state index contributed by atoms with van der Waals surface area (Å²) in [5.41, 5.74) is 2.13. The van der Waals surface area contributed by atoms with Gasteiger partial charge in [-0.3, -0.25) is 38.4 Å². The first-order valence-electron chi connectivity index (χ1n) is 45.4. The van der Waals surface area contributed by atoms with Gasteiger partial charge in [-0.15, -0.1) is 0 Å². The zero-order chi connectivity index (χ0) is 106. The number of likely N-dealkylation sites (N-methyl/N-ethyl adjacent to an activating group) is 4. The lowest BCUT2D eigenvalue weighted by Crippen LogP contribution is -2.46. The van der Waals surface area contributed by atoms with Crippen LogP contribution in [0.3, 0.4) is 0 Å². The van der Waals surface area contributed by atoms with Gasteiger partial charge in [-0.05, 0) is 159 Å². The molecule has 0 radical (unpaired) electrons. The van der Waals surface area contributed by atoms with Crippen LogP contribution in [0.1, 0.15) is 134 Å². The molecule has 0 aliphatic heterocycles. The summed E-state index contributed by atoms with van der Waals surface area (Å²) in [5.74, 6) is -0.745. The highest BCUT2D eigenvalue weighted by Gasteiger charge is 2.44. The maximum Gasteiger partial charge on any atom is 0.500 e. The molecule has 0 saturated carbocycles. The molecule has 8 amide bonds. The van der Waals surface area contributed by atoms with Crippen LogP contribution in [0.2, 0.25) is 48.4 Å². The molecule has 48 heteroatoms. The molecule has 0 aromatic heterocycles. The molecule has 0 aliphatic rings. The fourth-order valence-electron chi connectivity index (χ4n) is 11.8. The minimum Gasteiger partial charge on any atom is -0.377 e. The summed E-state index contributed by atoms with van der Waals surface area (Å²) in [6, 6.07) is 5.52. The fraction of sp³-hybridized carbons (Fsp3) is 0.727. The Labute approximate surface area is 827 Å². The summed E-state index contributed by atoms with van der Waals surface area (Å²) in [6.07, 6.45) is 11.3. The first-order chi connectivity index (χ1) is 64.3. The lowest BCUT2D eigenvalue weighted by Gasteiger charge is -2.28. The van der Waals surface area contributed by atoms with Gasteiger partial charge in [0.2, 0.25) is 47.3 Å². The van der Waals surface area contributed by atoms with Crippen LogP contribution < -0.4 is 21.3 Å². The van der Waals surface area contributed by atoms with E-state index >= 15 is 0 Å². The van der Waals surface area contributed by atoms with Crippen LogP contribution in [0, 0.1) is 0 Å². The van der Waals surface area contributed by atoms with E-state index in [2.05, 4.69) is 73.9 Å². The molecular formula is C88H184N8O32Si8. The van der Waals surface area contributed by atoms with Crippen LogP contribution >= 0.6 is 0 Å². The third-order valence-electron chi connectivity index (χ3n) is 19.7. The van der Waals surface area contributed by atoms with Crippen molar-refractivity contribution in [3.63, 3.8) is 0 Å². The molecule has 4 N–H and O–H groups in total. The maximum atomic E-state index is 11.8. The fourth-order valence-corrected chi connectivity index (χ4v) is 27.3. The molecule has 0 fully saturated rings. The normalized spacial score (nSPS) is 11.3. The average molecular weight is 2090 g/mol. The zero-order valence-corrected chi connectivity index (χ0v) is 97.4. The maximum absolute atomic E-state index is 11.8. The Morgan fingerprint density at radius 2 is 0.463 bits per heavy atom. The number of nitrogens with zero attached hydrogens (tertiary/aromatic N) is 4. The van der Waals surface area contributed by atoms with Gasteiger partial charge in [-0.25, -0.2) is 0 Å². The molecule has 0 aromatic rings. The average Bonchev–Trinajstić information content (AvgIpc) is 0.866. The Balaban J connectivity index is -0.000000230. The molecule has 0 bridgehead atoms. The van der Waals surface area contributed by atoms with Gasteiger partial charge in [0.25, 0.3) is 0 Å². The largest absolute Gasteiger partial charge is 0.500 e. The Morgan fingerprint density at radius 1 is 0.257 bits per heavy atom. The Hall–Kier alpha value is -5.54. The number of hydrogen-bond donors (Lipinski definition) is 4. The highest BCUT2D eigenvalue weighted by molar-refractivity contribution is 6.63. The second kappa shape index (κ2) is 89.5. The van der Waals surface area contributed by atoms with Crippen LogP contribution in [0.5, 0.6) is 0 Å². The lowest BCUT2D eigenvalue weighted by atomic mass is 10.3. The van der Waals surface area contributed by atoms with Gasteiger partial charge >= 0.3 is 70.4 Å². The third kappa shape index (κ3) is 67.0. The van der Waals surface area contributed by atoms with Crippen molar-refractivity contribution in [2.75, 3.05) is 247 Å². The summed E-state index contributed by atoms with van der Waals surface area (Å²) in [7, 11) is 11.9. The highest BCUT2D eigenvalue weighted by atomic mass is 28.4. The molecule has 0 saturated heterocycles. The summed E-state index contributed by atoms with van der Waals surface area (Å²) in [5, 5.41) is 10.9. The van der Waals surface area contributed by atoms with Gasteiger partial charge in [-0.2, -0.15) is 0 Å². The van der Waals surface area contributed by atoms with Crippen molar-refractivity contribution < 1.29 is 145 Å². The molecule has 0 spiro atoms. The molecular weight excluding hydrogens is 1910 g/mol. The third-order valence-corrected chi connectivity index (χ3v) is 43.0. The van der Waals surface area contributed by atoms with E-state index < -0.39 is 70.4 Å². The second-order valence-corrected chi connectivity index (χ2v) is 52.9. The van der Waals surface area contributed by atoms with Gasteiger partial charge in [0.05, 0.1) is 0 Å². The van der Waals surface area contributed by atoms with E-state index in [1.165, 1.54) is 24.3 Å². The number of nitrogens with one attached hydrogen (secondary N) is 4. The molecule has 40 nitrogen and oxygen atoms in total. The van der Waals surface area contributed by atoms with Gasteiger partial charge in [-0.1, -0.05) is 52.6 Å². The molecule has 0 rings (SSSR count). The van der Waals surface area contributed by atoms with Gasteiger partial charge < -0.3 is 147 Å². The van der Waals surface area contributed by atoms with Crippen molar-refractivity contribution in [1.29, 1.82) is 0 Å². The molecule has 0 heterocycles. The number of hydrogen-bond acceptors (Lipinski definition) is 32. The van der Waals surface area contributed by atoms with E-state index in [1.807, 2.05) is 55.4 Å². The Bertz CT molecular complexity index is 3140. The Kier molecular flexibility index (Phi) is 96.0. The first-order valence-corrected chi connectivity index (χ1v) is 60.9. The smallest absolute Gasteiger partial charge is 0.377 e. The first kappa shape index (κ1) is 146. The monoisotopic (exact) mass is 2090 g/mol. The summed E-state index contributed by atoms with van der Waals surface area (Å²) in [6.45, 7) is 60.1. The number of carbonyl (C=O) groups is 8. The van der Waals surface area contributed by atoms with Crippen LogP contribution in [0.4, 0.5) is 0 Å². The second-order valence-electron chi connectivity index (χ2n) is 28.9. The molecule has 800 valence electrons. The van der Waals surface area contributed by atoms with Crippen molar-refractivity contribution in [3.8, 4) is 0 Å². The van der Waals surface area contributed by atoms with Gasteiger partial charge in [0, 0.05) is 318 Å². The topological polar surface area (TPSA) is 419 Å². The van der Waals surface area contributed by atoms with E-state index in [-0.39, 0.29) is 47.3 Å². The van der Waals surface area contributed by atoms with Crippen LogP contribution in [-0.2, 0) is 145 Å². The van der Waals surface area contributed by atoms with Crippen molar-refractivity contribution in [3.05, 3.63) is 99.2 Å². The standard InChI is InChI=1S/C13H27NO4Si.2C12H25NO4Si.2C11H23NO4Si.2C10H21NO4Si.C9H19NO4Si/c1-6-16-19(17-7-2,18-8-3)11-9-10-14-13(15)12(4)5;1-7-13(12(14)11(2)3)9-8-10-18(15-4,16-5)17-6;1-5-12(14)13-10-9-11-18(15-6-2,16-7-3)17-8-4;1-10(2)11(13)12(3)8-7-9-17(14-4,15-5)16-6;1-6-11(13)12(7-2)9-8-10-17(14-3,15-4)16-5;1-9(2)10(12)11-7-6-8-16(13-3,14-4)15-5;1-6-10(12)11(2)8-7-9-16(13-3,14-4)15-5;1-5-9(11)10-7-6-8-15(12-2,13-3)14-4/h4,6-11H2,1-3,5H3,(H,14,15);2,7-10H2,1,3-6H3;5H,1,6-11H2,2-4H3,(H,13,14);1,7-9H2,2-6H3;6H,1,7-10H2,2-5H3;1,6-8H2,2-5H3,(H,11,12);6H,1,7-9H2,2-5H3;5H,1,6-8H2,2-4H3,(H,10,11). The number of carbonyl (C=O) groups excluding carboxylic acids is 8. The minimum absolute atomic E-state index is 0.00276. The minimum atomic E-state index is -2.57. The van der Waals surface area contributed by atoms with E-state index in [0.717, 1.165) is 51.4 Å². The van der Waals surface area contributed by atoms with Crippen molar-refractivity contribution in [1.82, 2.24) is 40.9 Å². The quantitative estimate of drug-likeness (QED) is 0.0250. The summed E-state index contributed by atoms with van der Waals surface area (Å²) >= 11 is 0. The van der Waals surface area contributed by atoms with E-state index in [1.54, 1.807) is 189 Å². The number of amides is 8. The van der Waals surface area contributed by atoms with E-state index in [9.17, 15) is 38.4 Å². The lowest BCUT2D eigenvalue weighted by molar-refractivity contribution is -0.127. The molecule has 136 heavy (non-hydrogen) atoms. The van der Waals surface area contributed by atoms with Crippen LogP contribution in [-0.4, -0.2) is 384 Å². The Morgan fingerprint density at radius 3 is 0.662 bits per heavy atom. The van der Waals surface area contributed by atoms with E-state index in [0.29, 0.717) is 176 Å². The molecule has 0 unspecified atom stereocenters. The zero-order valence-electron chi connectivity index (χ0n) is 89.4. The van der Waals surface area contributed by atoms with Crippen molar-refractivity contribution in [2.45, 2.75) is 183 Å². The predicted molar refractivity (Wildman–Crippen MR) is 549 cm³/mol. The summed E-state index contributed by atoms with van der Waals surface area (Å²) < 4.78 is 129. The molecule has 0 aromatic carbocycles. The van der Waals surface area contributed by atoms with Gasteiger partial charge in [0.1, 0.15) is 0 Å². The van der Waals surface area contributed by atoms with Crippen LogP contribution in [0.15, 0.2) is 99.2 Å². The van der Waals surface area contributed by atoms with Gasteiger partial charge in [0.15, 0.2) is 0 Å². The predicted octanol–water partition coefficient (Wildman–Crippen LogP) is 10.5. The summed E-state index contributed by atoms with van der Waals surface area (Å²) in [4.78, 5) is 97.1. The highest BCUT2D eigenvalue weighted by Crippen LogP contribution is 2.23. The van der Waals surface area contributed by atoms with Crippen LogP contribution in [0.25, 0.3) is 0 Å². The SMILES string of the molecule is C=C(C)C(=O)N(C)CCC[Si](OC)(OC)OC.C=C(C)C(=O)N(CC)CCC[Si](OC)(OC)OC.C=C(C)C(=O)NCCC[Si](OC)(OC)OC.C=C(C)C(=O)NCCC[Si](OCC)(OCC)OCC.C=CC(=O)N(C)CCC[Si](OC)(OC)OC.C=CC(=O)N(CC)CCC[Si](OC)(OC)OC.C=CC(=O)NCCC[Si](OC)(OC)OC.C=CC(=O)NCCC[Si](OCC)(OCC)OCC.